The number of benzene rings is 1. The summed E-state index contributed by atoms with van der Waals surface area (Å²) in [5, 5.41) is 1.22. The molecule has 0 spiro atoms. The number of hydrogen-bond acceptors (Lipinski definition) is 3. The summed E-state index contributed by atoms with van der Waals surface area (Å²) in [5.74, 6) is 0. The first-order valence-electron chi connectivity index (χ1n) is 7.19. The van der Waals surface area contributed by atoms with Gasteiger partial charge in [0.2, 0.25) is 0 Å². The smallest absolute Gasteiger partial charge is 0.0864 e. The molecule has 1 aromatic heterocycles. The molecule has 0 amide bonds. The van der Waals surface area contributed by atoms with Crippen molar-refractivity contribution in [2.75, 3.05) is 24.6 Å². The lowest BCUT2D eigenvalue weighted by Gasteiger charge is -2.34. The fourth-order valence-corrected chi connectivity index (χ4v) is 3.37. The minimum atomic E-state index is 0.427. The summed E-state index contributed by atoms with van der Waals surface area (Å²) < 4.78 is 6.78. The zero-order valence-electron chi connectivity index (χ0n) is 11.7. The first kappa shape index (κ1) is 13.8. The summed E-state index contributed by atoms with van der Waals surface area (Å²) in [6, 6.07) is 8.39. The fraction of sp³-hybridized carbons (Fsp3) is 0.438. The van der Waals surface area contributed by atoms with E-state index in [9.17, 15) is 0 Å². The van der Waals surface area contributed by atoms with Crippen molar-refractivity contribution >= 4 is 32.5 Å². The number of para-hydroxylation sites is 1. The van der Waals surface area contributed by atoms with Crippen molar-refractivity contribution in [1.82, 2.24) is 4.98 Å². The van der Waals surface area contributed by atoms with E-state index in [1.54, 1.807) is 0 Å². The molecule has 1 aromatic carbocycles. The van der Waals surface area contributed by atoms with Crippen LogP contribution in [0.25, 0.3) is 10.9 Å². The van der Waals surface area contributed by atoms with Crippen molar-refractivity contribution in [3.05, 3.63) is 34.9 Å². The largest absolute Gasteiger partial charge is 0.378 e. The number of nitrogens with zero attached hydrogens (tertiary/aromatic N) is 2. The lowest BCUT2D eigenvalue weighted by molar-refractivity contribution is 0.0459. The Morgan fingerprint density at radius 1 is 1.30 bits per heavy atom. The van der Waals surface area contributed by atoms with E-state index in [-0.39, 0.29) is 0 Å². The van der Waals surface area contributed by atoms with Gasteiger partial charge in [0.15, 0.2) is 0 Å². The highest BCUT2D eigenvalue weighted by Gasteiger charge is 2.21. The second kappa shape index (κ2) is 6.10. The first-order valence-corrected chi connectivity index (χ1v) is 7.98. The molecule has 0 unspecified atom stereocenters. The third kappa shape index (κ3) is 2.67. The van der Waals surface area contributed by atoms with Crippen LogP contribution in [0, 0.1) is 0 Å². The minimum absolute atomic E-state index is 0.427. The Bertz CT molecular complexity index is 594. The van der Waals surface area contributed by atoms with Gasteiger partial charge in [-0.25, -0.2) is 0 Å². The third-order valence-corrected chi connectivity index (χ3v) is 4.52. The molecular formula is C16H19BrN2O. The van der Waals surface area contributed by atoms with Crippen molar-refractivity contribution in [1.29, 1.82) is 0 Å². The van der Waals surface area contributed by atoms with E-state index >= 15 is 0 Å². The zero-order chi connectivity index (χ0) is 13.9. The maximum atomic E-state index is 5.73. The average Bonchev–Trinajstić information content (AvgIpc) is 2.48. The van der Waals surface area contributed by atoms with E-state index in [1.165, 1.54) is 11.1 Å². The van der Waals surface area contributed by atoms with E-state index in [4.69, 9.17) is 4.74 Å². The molecule has 1 fully saturated rings. The second-order valence-corrected chi connectivity index (χ2v) is 5.96. The van der Waals surface area contributed by atoms with Gasteiger partial charge in [0, 0.05) is 41.4 Å². The van der Waals surface area contributed by atoms with E-state index in [0.29, 0.717) is 6.10 Å². The normalized spacial score (nSPS) is 16.8. The Morgan fingerprint density at radius 2 is 2.10 bits per heavy atom. The van der Waals surface area contributed by atoms with Crippen molar-refractivity contribution in [3.63, 3.8) is 0 Å². The molecule has 2 heterocycles. The molecule has 0 bridgehead atoms. The van der Waals surface area contributed by atoms with Crippen LogP contribution in [0.4, 0.5) is 5.69 Å². The molecule has 2 aromatic rings. The number of aromatic nitrogens is 1. The third-order valence-electron chi connectivity index (χ3n) is 3.88. The van der Waals surface area contributed by atoms with Crippen LogP contribution in [0.1, 0.15) is 19.8 Å². The number of hydrogen-bond donors (Lipinski definition) is 0. The molecule has 0 saturated carbocycles. The van der Waals surface area contributed by atoms with E-state index < -0.39 is 0 Å². The summed E-state index contributed by atoms with van der Waals surface area (Å²) in [6.07, 6.45) is 4.53. The Balaban J connectivity index is 1.86. The van der Waals surface area contributed by atoms with Crippen LogP contribution >= 0.6 is 15.9 Å². The van der Waals surface area contributed by atoms with Crippen LogP contribution in [0.5, 0.6) is 0 Å². The highest BCUT2D eigenvalue weighted by molar-refractivity contribution is 9.10. The van der Waals surface area contributed by atoms with Gasteiger partial charge in [0.25, 0.3) is 0 Å². The summed E-state index contributed by atoms with van der Waals surface area (Å²) >= 11 is 3.58. The second-order valence-electron chi connectivity index (χ2n) is 5.11. The van der Waals surface area contributed by atoms with Gasteiger partial charge in [-0.3, -0.25) is 4.98 Å². The zero-order valence-corrected chi connectivity index (χ0v) is 13.3. The van der Waals surface area contributed by atoms with Gasteiger partial charge in [0.05, 0.1) is 11.6 Å². The van der Waals surface area contributed by atoms with Gasteiger partial charge in [-0.15, -0.1) is 0 Å². The van der Waals surface area contributed by atoms with Gasteiger partial charge in [-0.2, -0.15) is 0 Å². The molecule has 3 rings (SSSR count). The molecule has 3 nitrogen and oxygen atoms in total. The number of halogens is 1. The monoisotopic (exact) mass is 334 g/mol. The van der Waals surface area contributed by atoms with Crippen molar-refractivity contribution in [3.8, 4) is 0 Å². The molecule has 1 aliphatic heterocycles. The Morgan fingerprint density at radius 3 is 2.85 bits per heavy atom. The Hall–Kier alpha value is -1.13. The summed E-state index contributed by atoms with van der Waals surface area (Å²) in [6.45, 7) is 4.99. The minimum Gasteiger partial charge on any atom is -0.378 e. The van der Waals surface area contributed by atoms with E-state index in [1.807, 2.05) is 12.3 Å². The summed E-state index contributed by atoms with van der Waals surface area (Å²) in [7, 11) is 0. The van der Waals surface area contributed by atoms with Crippen LogP contribution in [0.15, 0.2) is 34.9 Å². The standard InChI is InChI=1S/C16H19BrN2O/c1-2-20-12-7-10-19(11-8-12)15-6-9-18-16-13(15)4-3-5-14(16)17/h3-6,9,12H,2,7-8,10-11H2,1H3. The lowest BCUT2D eigenvalue weighted by atomic mass is 10.1. The number of ether oxygens (including phenoxy) is 1. The number of rotatable bonds is 3. The molecular weight excluding hydrogens is 316 g/mol. The SMILES string of the molecule is CCOC1CCN(c2ccnc3c(Br)cccc23)CC1. The van der Waals surface area contributed by atoms with Crippen LogP contribution < -0.4 is 4.90 Å². The topological polar surface area (TPSA) is 25.4 Å². The molecule has 1 saturated heterocycles. The molecule has 20 heavy (non-hydrogen) atoms. The molecule has 0 N–H and O–H groups in total. The molecule has 1 aliphatic rings. The van der Waals surface area contributed by atoms with Crippen molar-refractivity contribution in [2.24, 2.45) is 0 Å². The Labute approximate surface area is 128 Å². The molecule has 0 radical (unpaired) electrons. The van der Waals surface area contributed by atoms with Crippen LogP contribution in [0.3, 0.4) is 0 Å². The number of piperidine rings is 1. The number of anilines is 1. The van der Waals surface area contributed by atoms with Crippen LogP contribution in [0.2, 0.25) is 0 Å². The van der Waals surface area contributed by atoms with Gasteiger partial charge in [-0.05, 0) is 47.8 Å². The molecule has 4 heteroatoms. The highest BCUT2D eigenvalue weighted by Crippen LogP contribution is 2.31. The van der Waals surface area contributed by atoms with Gasteiger partial charge < -0.3 is 9.64 Å². The molecule has 0 atom stereocenters. The highest BCUT2D eigenvalue weighted by atomic mass is 79.9. The van der Waals surface area contributed by atoms with Crippen molar-refractivity contribution in [2.45, 2.75) is 25.9 Å². The van der Waals surface area contributed by atoms with E-state index in [2.05, 4.69) is 50.9 Å². The van der Waals surface area contributed by atoms with E-state index in [0.717, 1.165) is 42.5 Å². The number of fused-ring (bicyclic) bond motifs is 1. The molecule has 0 aliphatic carbocycles. The summed E-state index contributed by atoms with van der Waals surface area (Å²) in [4.78, 5) is 6.93. The fourth-order valence-electron chi connectivity index (χ4n) is 2.90. The lowest BCUT2D eigenvalue weighted by Crippen LogP contribution is -2.37. The average molecular weight is 335 g/mol. The predicted molar refractivity (Wildman–Crippen MR) is 86.3 cm³/mol. The van der Waals surface area contributed by atoms with Gasteiger partial charge in [0.1, 0.15) is 0 Å². The maximum Gasteiger partial charge on any atom is 0.0864 e. The molecule has 106 valence electrons. The van der Waals surface area contributed by atoms with Crippen LogP contribution in [-0.4, -0.2) is 30.8 Å². The first-order chi connectivity index (χ1) is 9.79. The van der Waals surface area contributed by atoms with Gasteiger partial charge in [-0.1, -0.05) is 12.1 Å². The number of pyridine rings is 1. The van der Waals surface area contributed by atoms with Crippen molar-refractivity contribution < 1.29 is 4.74 Å². The summed E-state index contributed by atoms with van der Waals surface area (Å²) in [5.41, 5.74) is 2.32. The van der Waals surface area contributed by atoms with Crippen LogP contribution in [-0.2, 0) is 4.74 Å². The predicted octanol–water partition coefficient (Wildman–Crippen LogP) is 4.00. The maximum absolute atomic E-state index is 5.73. The Kier molecular flexibility index (Phi) is 4.22. The quantitative estimate of drug-likeness (QED) is 0.848. The van der Waals surface area contributed by atoms with Gasteiger partial charge >= 0.3 is 0 Å².